The number of carboxylic acids is 1. The van der Waals surface area contributed by atoms with Crippen LogP contribution < -0.4 is 10.1 Å². The third-order valence-electron chi connectivity index (χ3n) is 4.15. The van der Waals surface area contributed by atoms with Gasteiger partial charge in [-0.25, -0.2) is 4.79 Å². The number of hydrogen-bond acceptors (Lipinski definition) is 5. The zero-order chi connectivity index (χ0) is 19.2. The van der Waals surface area contributed by atoms with Crippen molar-refractivity contribution in [2.45, 2.75) is 26.3 Å². The minimum absolute atomic E-state index is 0.0240. The van der Waals surface area contributed by atoms with Gasteiger partial charge in [-0.15, -0.1) is 0 Å². The molecule has 0 saturated carbocycles. The standard InChI is InChI=1S/C21H22N2O4/c1-3-13-26-17-11-9-15(10-12-17)14(2)22-20-18(21(24)25)19(27-23-20)16-7-5-4-6-8-16/h4-12,14H,3,13H2,1-2H3,(H,22,23)(H,24,25). The molecular formula is C21H22N2O4. The van der Waals surface area contributed by atoms with Gasteiger partial charge in [0.05, 0.1) is 12.6 Å². The third-order valence-corrected chi connectivity index (χ3v) is 4.15. The summed E-state index contributed by atoms with van der Waals surface area (Å²) in [7, 11) is 0. The first kappa shape index (κ1) is 18.5. The van der Waals surface area contributed by atoms with Crippen LogP contribution in [0.5, 0.6) is 5.75 Å². The predicted molar refractivity (Wildman–Crippen MR) is 103 cm³/mol. The van der Waals surface area contributed by atoms with Crippen molar-refractivity contribution in [3.63, 3.8) is 0 Å². The minimum atomic E-state index is -1.09. The van der Waals surface area contributed by atoms with Gasteiger partial charge in [0.25, 0.3) is 0 Å². The molecule has 0 spiro atoms. The van der Waals surface area contributed by atoms with Gasteiger partial charge in [-0.3, -0.25) is 0 Å². The summed E-state index contributed by atoms with van der Waals surface area (Å²) in [5.74, 6) is 0.168. The van der Waals surface area contributed by atoms with Crippen LogP contribution >= 0.6 is 0 Å². The summed E-state index contributed by atoms with van der Waals surface area (Å²) in [5.41, 5.74) is 1.68. The number of hydrogen-bond donors (Lipinski definition) is 2. The highest BCUT2D eigenvalue weighted by atomic mass is 16.5. The van der Waals surface area contributed by atoms with Gasteiger partial charge in [0.1, 0.15) is 5.75 Å². The summed E-state index contributed by atoms with van der Waals surface area (Å²) in [6.07, 6.45) is 0.952. The molecule has 2 N–H and O–H groups in total. The van der Waals surface area contributed by atoms with E-state index < -0.39 is 5.97 Å². The summed E-state index contributed by atoms with van der Waals surface area (Å²) < 4.78 is 10.9. The molecule has 0 aliphatic heterocycles. The van der Waals surface area contributed by atoms with Crippen LogP contribution in [0.4, 0.5) is 5.82 Å². The quantitative estimate of drug-likeness (QED) is 0.583. The zero-order valence-corrected chi connectivity index (χ0v) is 15.3. The van der Waals surface area contributed by atoms with Crippen LogP contribution in [0, 0.1) is 0 Å². The summed E-state index contributed by atoms with van der Waals surface area (Å²) in [5, 5.41) is 16.7. The molecule has 27 heavy (non-hydrogen) atoms. The van der Waals surface area contributed by atoms with E-state index in [2.05, 4.69) is 17.4 Å². The molecule has 6 nitrogen and oxygen atoms in total. The van der Waals surface area contributed by atoms with E-state index in [1.54, 1.807) is 12.1 Å². The molecule has 3 aromatic rings. The lowest BCUT2D eigenvalue weighted by molar-refractivity contribution is 0.0698. The van der Waals surface area contributed by atoms with Gasteiger partial charge in [-0.2, -0.15) is 0 Å². The van der Waals surface area contributed by atoms with Crippen molar-refractivity contribution in [1.82, 2.24) is 5.16 Å². The number of aromatic carboxylic acids is 1. The number of anilines is 1. The second-order valence-corrected chi connectivity index (χ2v) is 6.19. The Bertz CT molecular complexity index is 888. The second kappa shape index (κ2) is 8.40. The molecule has 1 heterocycles. The summed E-state index contributed by atoms with van der Waals surface area (Å²) in [6, 6.07) is 16.6. The fourth-order valence-corrected chi connectivity index (χ4v) is 2.73. The van der Waals surface area contributed by atoms with Crippen LogP contribution in [0.15, 0.2) is 59.1 Å². The van der Waals surface area contributed by atoms with E-state index in [9.17, 15) is 9.90 Å². The third kappa shape index (κ3) is 4.28. The number of carboxylic acid groups (broad SMARTS) is 1. The largest absolute Gasteiger partial charge is 0.494 e. The summed E-state index contributed by atoms with van der Waals surface area (Å²) in [4.78, 5) is 11.8. The zero-order valence-electron chi connectivity index (χ0n) is 15.3. The van der Waals surface area contributed by atoms with Crippen molar-refractivity contribution >= 4 is 11.8 Å². The molecule has 1 atom stereocenters. The average Bonchev–Trinajstić information content (AvgIpc) is 3.11. The average molecular weight is 366 g/mol. The Morgan fingerprint density at radius 1 is 1.19 bits per heavy atom. The molecule has 0 saturated heterocycles. The van der Waals surface area contributed by atoms with E-state index in [1.807, 2.05) is 49.4 Å². The lowest BCUT2D eigenvalue weighted by Gasteiger charge is -2.14. The number of rotatable bonds is 8. The van der Waals surface area contributed by atoms with Crippen molar-refractivity contribution in [2.24, 2.45) is 0 Å². The number of nitrogens with one attached hydrogen (secondary N) is 1. The van der Waals surface area contributed by atoms with Crippen LogP contribution in [0.1, 0.15) is 42.2 Å². The number of nitrogens with zero attached hydrogens (tertiary/aromatic N) is 1. The fourth-order valence-electron chi connectivity index (χ4n) is 2.73. The highest BCUT2D eigenvalue weighted by Crippen LogP contribution is 2.31. The topological polar surface area (TPSA) is 84.6 Å². The number of carbonyl (C=O) groups is 1. The highest BCUT2D eigenvalue weighted by Gasteiger charge is 2.24. The van der Waals surface area contributed by atoms with E-state index in [-0.39, 0.29) is 23.2 Å². The maximum Gasteiger partial charge on any atom is 0.343 e. The van der Waals surface area contributed by atoms with Gasteiger partial charge in [-0.1, -0.05) is 54.5 Å². The lowest BCUT2D eigenvalue weighted by atomic mass is 10.1. The van der Waals surface area contributed by atoms with Crippen LogP contribution in [-0.4, -0.2) is 22.8 Å². The molecule has 3 rings (SSSR count). The molecule has 0 amide bonds. The maximum atomic E-state index is 11.8. The van der Waals surface area contributed by atoms with Crippen molar-refractivity contribution in [3.05, 3.63) is 65.7 Å². The molecule has 0 aliphatic rings. The molecule has 0 aliphatic carbocycles. The maximum absolute atomic E-state index is 11.8. The number of ether oxygens (including phenoxy) is 1. The van der Waals surface area contributed by atoms with Crippen molar-refractivity contribution in [1.29, 1.82) is 0 Å². The van der Waals surface area contributed by atoms with Gasteiger partial charge >= 0.3 is 5.97 Å². The Balaban J connectivity index is 1.81. The lowest BCUT2D eigenvalue weighted by Crippen LogP contribution is -2.10. The predicted octanol–water partition coefficient (Wildman–Crippen LogP) is 5.00. The van der Waals surface area contributed by atoms with Crippen LogP contribution in [0.3, 0.4) is 0 Å². The first-order valence-electron chi connectivity index (χ1n) is 8.87. The van der Waals surface area contributed by atoms with Gasteiger partial charge in [0.2, 0.25) is 0 Å². The Morgan fingerprint density at radius 3 is 2.52 bits per heavy atom. The van der Waals surface area contributed by atoms with Crippen LogP contribution in [-0.2, 0) is 0 Å². The van der Waals surface area contributed by atoms with Crippen molar-refractivity contribution < 1.29 is 19.2 Å². The van der Waals surface area contributed by atoms with Crippen LogP contribution in [0.25, 0.3) is 11.3 Å². The first-order valence-corrected chi connectivity index (χ1v) is 8.87. The van der Waals surface area contributed by atoms with Gasteiger partial charge < -0.3 is 19.7 Å². The fraction of sp³-hybridized carbons (Fsp3) is 0.238. The van der Waals surface area contributed by atoms with Crippen molar-refractivity contribution in [2.75, 3.05) is 11.9 Å². The van der Waals surface area contributed by atoms with Crippen molar-refractivity contribution in [3.8, 4) is 17.1 Å². The van der Waals surface area contributed by atoms with Gasteiger partial charge in [0, 0.05) is 5.56 Å². The Labute approximate surface area is 157 Å². The Kier molecular flexibility index (Phi) is 5.76. The summed E-state index contributed by atoms with van der Waals surface area (Å²) in [6.45, 7) is 4.67. The van der Waals surface area contributed by atoms with Gasteiger partial charge in [0.15, 0.2) is 17.1 Å². The smallest absolute Gasteiger partial charge is 0.343 e. The molecule has 2 aromatic carbocycles. The Morgan fingerprint density at radius 2 is 1.89 bits per heavy atom. The normalized spacial score (nSPS) is 11.8. The highest BCUT2D eigenvalue weighted by molar-refractivity contribution is 5.99. The van der Waals surface area contributed by atoms with Gasteiger partial charge in [-0.05, 0) is 31.0 Å². The Hall–Kier alpha value is -3.28. The summed E-state index contributed by atoms with van der Waals surface area (Å²) >= 11 is 0. The van der Waals surface area contributed by atoms with E-state index in [1.165, 1.54) is 0 Å². The molecule has 1 unspecified atom stereocenters. The minimum Gasteiger partial charge on any atom is -0.494 e. The SMILES string of the molecule is CCCOc1ccc(C(C)Nc2noc(-c3ccccc3)c2C(=O)O)cc1. The molecule has 1 aromatic heterocycles. The van der Waals surface area contributed by atoms with E-state index in [0.29, 0.717) is 12.2 Å². The molecule has 6 heteroatoms. The molecule has 0 fully saturated rings. The van der Waals surface area contributed by atoms with E-state index >= 15 is 0 Å². The van der Waals surface area contributed by atoms with Crippen LogP contribution in [0.2, 0.25) is 0 Å². The monoisotopic (exact) mass is 366 g/mol. The molecule has 140 valence electrons. The molecule has 0 bridgehead atoms. The van der Waals surface area contributed by atoms with E-state index in [0.717, 1.165) is 17.7 Å². The second-order valence-electron chi connectivity index (χ2n) is 6.19. The van der Waals surface area contributed by atoms with E-state index in [4.69, 9.17) is 9.26 Å². The number of aromatic nitrogens is 1. The number of benzene rings is 2. The molecular weight excluding hydrogens is 344 g/mol. The molecule has 0 radical (unpaired) electrons. The first-order chi connectivity index (χ1) is 13.1.